The van der Waals surface area contributed by atoms with E-state index in [4.69, 9.17) is 4.98 Å². The van der Waals surface area contributed by atoms with Gasteiger partial charge in [-0.2, -0.15) is 0 Å². The van der Waals surface area contributed by atoms with Crippen molar-refractivity contribution in [2.24, 2.45) is 0 Å². The number of aromatic nitrogens is 1. The first kappa shape index (κ1) is 10.5. The van der Waals surface area contributed by atoms with Crippen molar-refractivity contribution in [2.75, 3.05) is 0 Å². The van der Waals surface area contributed by atoms with Crippen molar-refractivity contribution in [3.05, 3.63) is 46.7 Å². The van der Waals surface area contributed by atoms with Gasteiger partial charge in [0, 0.05) is 5.39 Å². The van der Waals surface area contributed by atoms with Crippen LogP contribution in [0.1, 0.15) is 43.0 Å². The third-order valence-corrected chi connectivity index (χ3v) is 3.58. The van der Waals surface area contributed by atoms with Crippen LogP contribution in [0.15, 0.2) is 29.8 Å². The summed E-state index contributed by atoms with van der Waals surface area (Å²) < 4.78 is 0. The minimum atomic E-state index is 0.591. The maximum Gasteiger partial charge on any atom is 0.0712 e. The summed E-state index contributed by atoms with van der Waals surface area (Å²) in [6, 6.07) is 8.81. The minimum Gasteiger partial charge on any atom is -0.248 e. The van der Waals surface area contributed by atoms with E-state index >= 15 is 0 Å². The maximum atomic E-state index is 4.80. The highest BCUT2D eigenvalue weighted by Crippen LogP contribution is 2.33. The zero-order valence-electron chi connectivity index (χ0n) is 10.6. The molecule has 1 aliphatic carbocycles. The molecule has 0 bridgehead atoms. The Hall–Kier alpha value is -1.63. The molecule has 0 aliphatic heterocycles. The quantitative estimate of drug-likeness (QED) is 0.642. The van der Waals surface area contributed by atoms with Gasteiger partial charge in [0.15, 0.2) is 0 Å². The molecule has 17 heavy (non-hydrogen) atoms. The van der Waals surface area contributed by atoms with Gasteiger partial charge < -0.3 is 0 Å². The molecule has 0 amide bonds. The summed E-state index contributed by atoms with van der Waals surface area (Å²) in [5.41, 5.74) is 6.38. The molecule has 1 atom stereocenters. The number of hydrogen-bond acceptors (Lipinski definition) is 1. The number of allylic oxidation sites excluding steroid dienone is 1. The normalized spacial score (nSPS) is 19.0. The zero-order valence-corrected chi connectivity index (χ0v) is 10.6. The van der Waals surface area contributed by atoms with Crippen LogP contribution >= 0.6 is 0 Å². The van der Waals surface area contributed by atoms with Crippen LogP contribution in [-0.4, -0.2) is 4.98 Å². The molecule has 0 radical (unpaired) electrons. The van der Waals surface area contributed by atoms with Crippen molar-refractivity contribution >= 4 is 17.0 Å². The third kappa shape index (κ3) is 1.76. The lowest BCUT2D eigenvalue weighted by molar-refractivity contribution is 0.738. The van der Waals surface area contributed by atoms with Crippen LogP contribution in [0.4, 0.5) is 0 Å². The molecule has 0 fully saturated rings. The lowest BCUT2D eigenvalue weighted by Gasteiger charge is -2.20. The van der Waals surface area contributed by atoms with Crippen LogP contribution in [0, 0.1) is 6.92 Å². The second-order valence-electron chi connectivity index (χ2n) is 5.25. The summed E-state index contributed by atoms with van der Waals surface area (Å²) in [5.74, 6) is 0.591. The van der Waals surface area contributed by atoms with Gasteiger partial charge in [-0.05, 0) is 55.5 Å². The predicted molar refractivity (Wildman–Crippen MR) is 73.2 cm³/mol. The molecule has 1 nitrogen and oxygen atoms in total. The van der Waals surface area contributed by atoms with Crippen LogP contribution in [0.25, 0.3) is 17.0 Å². The van der Waals surface area contributed by atoms with Crippen molar-refractivity contribution in [3.8, 4) is 0 Å². The van der Waals surface area contributed by atoms with Gasteiger partial charge in [0.1, 0.15) is 0 Å². The number of benzene rings is 1. The lowest BCUT2D eigenvalue weighted by Crippen LogP contribution is -2.05. The fraction of sp³-hybridized carbons (Fsp3) is 0.312. The van der Waals surface area contributed by atoms with Crippen LogP contribution in [0.5, 0.6) is 0 Å². The van der Waals surface area contributed by atoms with Crippen molar-refractivity contribution in [1.29, 1.82) is 0 Å². The number of pyridine rings is 1. The Morgan fingerprint density at radius 3 is 2.82 bits per heavy atom. The summed E-state index contributed by atoms with van der Waals surface area (Å²) in [6.07, 6.45) is 3.39. The largest absolute Gasteiger partial charge is 0.248 e. The van der Waals surface area contributed by atoms with E-state index in [2.05, 4.69) is 51.1 Å². The van der Waals surface area contributed by atoms with Gasteiger partial charge >= 0.3 is 0 Å². The van der Waals surface area contributed by atoms with Crippen molar-refractivity contribution in [2.45, 2.75) is 33.1 Å². The van der Waals surface area contributed by atoms with Gasteiger partial charge in [-0.15, -0.1) is 0 Å². The summed E-state index contributed by atoms with van der Waals surface area (Å²) in [4.78, 5) is 4.80. The Balaban J connectivity index is 2.30. The standard InChI is InChI=1S/C16H17N/c1-10-4-5-13-9-14-12(3)6-11(2)8-16(14)17-15(13)7-10/h4-5,7-9,12H,6H2,1-3H3. The highest BCUT2D eigenvalue weighted by molar-refractivity contribution is 5.82. The van der Waals surface area contributed by atoms with Gasteiger partial charge in [0.2, 0.25) is 0 Å². The monoisotopic (exact) mass is 223 g/mol. The Morgan fingerprint density at radius 1 is 1.18 bits per heavy atom. The van der Waals surface area contributed by atoms with Crippen LogP contribution in [0.3, 0.4) is 0 Å². The number of rotatable bonds is 0. The average Bonchev–Trinajstić information content (AvgIpc) is 2.26. The topological polar surface area (TPSA) is 12.9 Å². The summed E-state index contributed by atoms with van der Waals surface area (Å²) >= 11 is 0. The molecule has 0 saturated carbocycles. The molecule has 0 saturated heterocycles. The summed E-state index contributed by atoms with van der Waals surface area (Å²) in [5, 5.41) is 1.26. The molecule has 86 valence electrons. The summed E-state index contributed by atoms with van der Waals surface area (Å²) in [6.45, 7) is 6.60. The molecule has 3 rings (SSSR count). The van der Waals surface area contributed by atoms with Crippen LogP contribution in [-0.2, 0) is 0 Å². The predicted octanol–water partition coefficient (Wildman–Crippen LogP) is 4.45. The Bertz CT molecular complexity index is 623. The van der Waals surface area contributed by atoms with Crippen molar-refractivity contribution in [3.63, 3.8) is 0 Å². The maximum absolute atomic E-state index is 4.80. The molecular weight excluding hydrogens is 206 g/mol. The fourth-order valence-electron chi connectivity index (χ4n) is 2.70. The first-order valence-corrected chi connectivity index (χ1v) is 6.22. The molecule has 1 heterocycles. The van der Waals surface area contributed by atoms with Gasteiger partial charge in [-0.25, -0.2) is 4.98 Å². The minimum absolute atomic E-state index is 0.591. The number of fused-ring (bicyclic) bond motifs is 2. The van der Waals surface area contributed by atoms with Crippen molar-refractivity contribution < 1.29 is 0 Å². The van der Waals surface area contributed by atoms with Crippen LogP contribution in [0.2, 0.25) is 0 Å². The molecule has 1 aromatic heterocycles. The van der Waals surface area contributed by atoms with E-state index in [-0.39, 0.29) is 0 Å². The molecule has 0 spiro atoms. The molecule has 1 heteroatoms. The smallest absolute Gasteiger partial charge is 0.0712 e. The Morgan fingerprint density at radius 2 is 2.00 bits per heavy atom. The second kappa shape index (κ2) is 3.69. The van der Waals surface area contributed by atoms with Crippen LogP contribution < -0.4 is 0 Å². The van der Waals surface area contributed by atoms with E-state index in [1.807, 2.05) is 0 Å². The van der Waals surface area contributed by atoms with E-state index in [1.54, 1.807) is 0 Å². The van der Waals surface area contributed by atoms with E-state index in [0.29, 0.717) is 5.92 Å². The van der Waals surface area contributed by atoms with E-state index in [0.717, 1.165) is 11.9 Å². The Labute approximate surface area is 102 Å². The van der Waals surface area contributed by atoms with Gasteiger partial charge in [0.25, 0.3) is 0 Å². The third-order valence-electron chi connectivity index (χ3n) is 3.58. The second-order valence-corrected chi connectivity index (χ2v) is 5.25. The van der Waals surface area contributed by atoms with Gasteiger partial charge in [-0.1, -0.05) is 24.6 Å². The fourth-order valence-corrected chi connectivity index (χ4v) is 2.70. The zero-order chi connectivity index (χ0) is 12.0. The lowest BCUT2D eigenvalue weighted by atomic mass is 9.86. The number of nitrogens with zero attached hydrogens (tertiary/aromatic N) is 1. The Kier molecular flexibility index (Phi) is 2.29. The number of aryl methyl sites for hydroxylation is 1. The first-order valence-electron chi connectivity index (χ1n) is 6.22. The SMILES string of the molecule is CC1=Cc2nc3cc(C)ccc3cc2C(C)C1. The highest BCUT2D eigenvalue weighted by atomic mass is 14.7. The number of hydrogen-bond donors (Lipinski definition) is 0. The van der Waals surface area contributed by atoms with E-state index in [1.165, 1.54) is 27.8 Å². The highest BCUT2D eigenvalue weighted by Gasteiger charge is 2.17. The molecular formula is C16H17N. The van der Waals surface area contributed by atoms with Gasteiger partial charge in [0.05, 0.1) is 11.2 Å². The summed E-state index contributed by atoms with van der Waals surface area (Å²) in [7, 11) is 0. The average molecular weight is 223 g/mol. The molecule has 1 aliphatic rings. The molecule has 0 N–H and O–H groups in total. The molecule has 1 unspecified atom stereocenters. The first-order chi connectivity index (χ1) is 8.13. The van der Waals surface area contributed by atoms with Gasteiger partial charge in [-0.3, -0.25) is 0 Å². The van der Waals surface area contributed by atoms with E-state index in [9.17, 15) is 0 Å². The molecule has 2 aromatic rings. The van der Waals surface area contributed by atoms with Crippen molar-refractivity contribution in [1.82, 2.24) is 4.98 Å². The van der Waals surface area contributed by atoms with E-state index < -0.39 is 0 Å². The molecule has 1 aromatic carbocycles.